The Bertz CT molecular complexity index is 904. The molecule has 8 heteroatoms. The number of halogens is 2. The van der Waals surface area contributed by atoms with Crippen LogP contribution in [0.3, 0.4) is 0 Å². The molecule has 0 saturated carbocycles. The molecule has 0 saturated heterocycles. The number of thiophene rings is 1. The summed E-state index contributed by atoms with van der Waals surface area (Å²) < 4.78 is 0.820. The van der Waals surface area contributed by atoms with Gasteiger partial charge < -0.3 is 5.32 Å². The molecule has 0 atom stereocenters. The first kappa shape index (κ1) is 14.1. The zero-order chi connectivity index (χ0) is 15.0. The monoisotopic (exact) mass is 339 g/mol. The zero-order valence-corrected chi connectivity index (χ0v) is 12.6. The molecular formula is C13H7Cl2N3O2S. The molecule has 2 N–H and O–H groups in total. The molecule has 1 amide bonds. The number of amides is 1. The number of nitrogens with zero attached hydrogens (tertiary/aromatic N) is 1. The van der Waals surface area contributed by atoms with Crippen LogP contribution in [-0.2, 0) is 0 Å². The summed E-state index contributed by atoms with van der Waals surface area (Å²) in [5.74, 6) is -0.147. The Balaban J connectivity index is 1.98. The number of hydrogen-bond acceptors (Lipinski definition) is 4. The molecule has 3 aromatic rings. The van der Waals surface area contributed by atoms with Crippen molar-refractivity contribution in [3.63, 3.8) is 0 Å². The van der Waals surface area contributed by atoms with Gasteiger partial charge in [-0.1, -0.05) is 29.3 Å². The second-order valence-corrected chi connectivity index (χ2v) is 6.00. The molecule has 3 rings (SSSR count). The maximum Gasteiger partial charge on any atom is 0.346 e. The van der Waals surface area contributed by atoms with E-state index >= 15 is 0 Å². The highest BCUT2D eigenvalue weighted by Crippen LogP contribution is 2.36. The molecule has 0 unspecified atom stereocenters. The highest BCUT2D eigenvalue weighted by Gasteiger charge is 2.17. The molecule has 106 valence electrons. The van der Waals surface area contributed by atoms with Crippen LogP contribution in [0.1, 0.15) is 9.67 Å². The summed E-state index contributed by atoms with van der Waals surface area (Å²) in [4.78, 5) is 29.6. The van der Waals surface area contributed by atoms with Crippen LogP contribution in [0.25, 0.3) is 10.1 Å². The summed E-state index contributed by atoms with van der Waals surface area (Å²) in [5.41, 5.74) is -0.540. The largest absolute Gasteiger partial charge is 0.346 e. The van der Waals surface area contributed by atoms with Crippen LogP contribution in [0.4, 0.5) is 5.82 Å². The zero-order valence-electron chi connectivity index (χ0n) is 10.3. The van der Waals surface area contributed by atoms with Gasteiger partial charge in [-0.05, 0) is 18.2 Å². The van der Waals surface area contributed by atoms with Crippen LogP contribution in [0, 0.1) is 0 Å². The fraction of sp³-hybridized carbons (Fsp3) is 0. The van der Waals surface area contributed by atoms with E-state index in [1.54, 1.807) is 18.2 Å². The van der Waals surface area contributed by atoms with Gasteiger partial charge in [0.1, 0.15) is 10.7 Å². The number of rotatable bonds is 2. The molecule has 2 aromatic heterocycles. The number of nitrogens with one attached hydrogen (secondary N) is 2. The smallest absolute Gasteiger partial charge is 0.307 e. The first-order chi connectivity index (χ1) is 10.0. The summed E-state index contributed by atoms with van der Waals surface area (Å²) in [7, 11) is 0. The maximum absolute atomic E-state index is 12.2. The summed E-state index contributed by atoms with van der Waals surface area (Å²) in [6.45, 7) is 0. The molecule has 2 heterocycles. The van der Waals surface area contributed by atoms with E-state index in [1.807, 2.05) is 0 Å². The van der Waals surface area contributed by atoms with Crippen molar-refractivity contribution in [1.29, 1.82) is 0 Å². The Kier molecular flexibility index (Phi) is 3.67. The highest BCUT2D eigenvalue weighted by molar-refractivity contribution is 7.21. The molecule has 0 spiro atoms. The topological polar surface area (TPSA) is 74.8 Å². The van der Waals surface area contributed by atoms with Gasteiger partial charge in [-0.2, -0.15) is 0 Å². The van der Waals surface area contributed by atoms with Crippen LogP contribution in [0.5, 0.6) is 0 Å². The lowest BCUT2D eigenvalue weighted by Crippen LogP contribution is -2.17. The van der Waals surface area contributed by atoms with Gasteiger partial charge in [0.05, 0.1) is 5.02 Å². The second kappa shape index (κ2) is 5.48. The van der Waals surface area contributed by atoms with Gasteiger partial charge in [-0.3, -0.25) is 9.78 Å². The van der Waals surface area contributed by atoms with E-state index in [0.29, 0.717) is 14.9 Å². The van der Waals surface area contributed by atoms with Crippen LogP contribution < -0.4 is 11.0 Å². The molecule has 0 bridgehead atoms. The lowest BCUT2D eigenvalue weighted by Gasteiger charge is -2.02. The number of aromatic nitrogens is 2. The quantitative estimate of drug-likeness (QED) is 0.749. The summed E-state index contributed by atoms with van der Waals surface area (Å²) >= 11 is 13.4. The van der Waals surface area contributed by atoms with Gasteiger partial charge >= 0.3 is 5.69 Å². The van der Waals surface area contributed by atoms with Crippen molar-refractivity contribution in [3.8, 4) is 0 Å². The van der Waals surface area contributed by atoms with Crippen LogP contribution in [-0.4, -0.2) is 15.9 Å². The highest BCUT2D eigenvalue weighted by atomic mass is 35.5. The molecule has 5 nitrogen and oxygen atoms in total. The van der Waals surface area contributed by atoms with E-state index in [1.165, 1.54) is 23.6 Å². The van der Waals surface area contributed by atoms with Gasteiger partial charge in [-0.25, -0.2) is 9.78 Å². The van der Waals surface area contributed by atoms with E-state index in [4.69, 9.17) is 23.2 Å². The number of benzene rings is 1. The summed E-state index contributed by atoms with van der Waals surface area (Å²) in [6.07, 6.45) is 1.31. The number of aromatic amines is 1. The van der Waals surface area contributed by atoms with Gasteiger partial charge in [0, 0.05) is 21.3 Å². The van der Waals surface area contributed by atoms with E-state index in [0.717, 1.165) is 10.1 Å². The molecule has 0 aliphatic heterocycles. The number of carbonyl (C=O) groups excluding carboxylic acids is 1. The van der Waals surface area contributed by atoms with Crippen molar-refractivity contribution < 1.29 is 4.79 Å². The van der Waals surface area contributed by atoms with Crippen LogP contribution in [0.2, 0.25) is 10.0 Å². The van der Waals surface area contributed by atoms with Gasteiger partial charge in [0.15, 0.2) is 0 Å². The van der Waals surface area contributed by atoms with Gasteiger partial charge in [0.2, 0.25) is 0 Å². The minimum Gasteiger partial charge on any atom is -0.307 e. The molecule has 21 heavy (non-hydrogen) atoms. The fourth-order valence-corrected chi connectivity index (χ4v) is 3.49. The van der Waals surface area contributed by atoms with Crippen molar-refractivity contribution in [2.45, 2.75) is 0 Å². The third-order valence-corrected chi connectivity index (χ3v) is 4.61. The standard InChI is InChI=1S/C13H7Cl2N3O2S/c14-6-1-2-7-8(5-6)21-11(10(7)15)12(19)17-9-3-4-16-13(20)18-9/h1-5H,(H2,16,17,18,19,20). The minimum atomic E-state index is -0.540. The lowest BCUT2D eigenvalue weighted by molar-refractivity contribution is 0.103. The van der Waals surface area contributed by atoms with Crippen LogP contribution in [0.15, 0.2) is 35.3 Å². The average molecular weight is 340 g/mol. The van der Waals surface area contributed by atoms with Crippen molar-refractivity contribution in [3.05, 3.63) is 55.9 Å². The molecule has 0 radical (unpaired) electrons. The Morgan fingerprint density at radius 1 is 1.29 bits per heavy atom. The number of hydrogen-bond donors (Lipinski definition) is 2. The molecule has 0 fully saturated rings. The number of H-pyrrole nitrogens is 1. The van der Waals surface area contributed by atoms with Crippen LogP contribution >= 0.6 is 34.5 Å². The van der Waals surface area contributed by atoms with Crippen molar-refractivity contribution >= 4 is 56.3 Å². The fourth-order valence-electron chi connectivity index (χ4n) is 1.81. The predicted octanol–water partition coefficient (Wildman–Crippen LogP) is 3.54. The number of anilines is 1. The summed E-state index contributed by atoms with van der Waals surface area (Å²) in [6, 6.07) is 6.71. The van der Waals surface area contributed by atoms with Crippen molar-refractivity contribution in [2.75, 3.05) is 5.32 Å². The lowest BCUT2D eigenvalue weighted by atomic mass is 10.2. The minimum absolute atomic E-state index is 0.256. The Morgan fingerprint density at radius 3 is 2.86 bits per heavy atom. The normalized spacial score (nSPS) is 10.8. The molecular weight excluding hydrogens is 333 g/mol. The van der Waals surface area contributed by atoms with E-state index in [2.05, 4.69) is 15.3 Å². The van der Waals surface area contributed by atoms with Crippen molar-refractivity contribution in [2.24, 2.45) is 0 Å². The van der Waals surface area contributed by atoms with E-state index < -0.39 is 11.6 Å². The Hall–Kier alpha value is -1.89. The Labute approximate surface area is 132 Å². The Morgan fingerprint density at radius 2 is 2.10 bits per heavy atom. The molecule has 0 aliphatic rings. The maximum atomic E-state index is 12.2. The molecule has 0 aliphatic carbocycles. The van der Waals surface area contributed by atoms with Gasteiger partial charge in [0.25, 0.3) is 5.91 Å². The third-order valence-electron chi connectivity index (χ3n) is 2.72. The predicted molar refractivity (Wildman–Crippen MR) is 84.7 cm³/mol. The molecule has 1 aromatic carbocycles. The van der Waals surface area contributed by atoms with Gasteiger partial charge in [-0.15, -0.1) is 11.3 Å². The van der Waals surface area contributed by atoms with E-state index in [9.17, 15) is 9.59 Å². The average Bonchev–Trinajstić information content (AvgIpc) is 2.75. The number of carbonyl (C=O) groups is 1. The first-order valence-electron chi connectivity index (χ1n) is 5.79. The number of fused-ring (bicyclic) bond motifs is 1. The van der Waals surface area contributed by atoms with Crippen molar-refractivity contribution in [1.82, 2.24) is 9.97 Å². The van der Waals surface area contributed by atoms with E-state index in [-0.39, 0.29) is 5.82 Å². The second-order valence-electron chi connectivity index (χ2n) is 4.13. The first-order valence-corrected chi connectivity index (χ1v) is 7.36. The third kappa shape index (κ3) is 2.78. The summed E-state index contributed by atoms with van der Waals surface area (Å²) in [5, 5.41) is 4.27. The SMILES string of the molecule is O=C(Nc1ccnc(=O)[nH]1)c1sc2cc(Cl)ccc2c1Cl.